The Labute approximate surface area is 144 Å². The molecule has 0 spiro atoms. The maximum atomic E-state index is 4.57. The SMILES string of the molecule is CC(C)n1cnnc1CNc1cc(-c2ccccc2)nc2ncnn12. The van der Waals surface area contributed by atoms with Gasteiger partial charge in [0.25, 0.3) is 5.78 Å². The number of hydrogen-bond acceptors (Lipinski definition) is 6. The first kappa shape index (κ1) is 15.3. The lowest BCUT2D eigenvalue weighted by molar-refractivity contribution is 0.571. The molecule has 0 aliphatic rings. The molecule has 0 aliphatic heterocycles. The number of nitrogens with zero attached hydrogens (tertiary/aromatic N) is 7. The first-order valence-electron chi connectivity index (χ1n) is 8.11. The minimum Gasteiger partial charge on any atom is -0.363 e. The Morgan fingerprint density at radius 3 is 2.80 bits per heavy atom. The normalized spacial score (nSPS) is 11.3. The van der Waals surface area contributed by atoms with Crippen LogP contribution in [0.5, 0.6) is 0 Å². The van der Waals surface area contributed by atoms with Crippen molar-refractivity contribution in [3.05, 3.63) is 54.9 Å². The topological polar surface area (TPSA) is 85.8 Å². The lowest BCUT2D eigenvalue weighted by Crippen LogP contribution is -2.12. The zero-order chi connectivity index (χ0) is 17.2. The van der Waals surface area contributed by atoms with E-state index >= 15 is 0 Å². The van der Waals surface area contributed by atoms with Crippen molar-refractivity contribution in [1.29, 1.82) is 0 Å². The van der Waals surface area contributed by atoms with Gasteiger partial charge in [0.2, 0.25) is 0 Å². The summed E-state index contributed by atoms with van der Waals surface area (Å²) in [6, 6.07) is 12.3. The van der Waals surface area contributed by atoms with Crippen LogP contribution >= 0.6 is 0 Å². The van der Waals surface area contributed by atoms with Gasteiger partial charge in [-0.3, -0.25) is 0 Å². The standard InChI is InChI=1S/C17H18N8/c1-12(2)24-11-20-23-16(24)9-18-15-8-14(13-6-4-3-5-7-13)22-17-19-10-21-25(15)17/h3-8,10-12,18H,9H2,1-2H3. The van der Waals surface area contributed by atoms with Crippen LogP contribution in [0.2, 0.25) is 0 Å². The van der Waals surface area contributed by atoms with Crippen molar-refractivity contribution in [2.24, 2.45) is 0 Å². The van der Waals surface area contributed by atoms with Crippen LogP contribution in [-0.4, -0.2) is 34.3 Å². The molecule has 8 heteroatoms. The third-order valence-corrected chi connectivity index (χ3v) is 3.95. The van der Waals surface area contributed by atoms with Gasteiger partial charge in [-0.2, -0.15) is 14.6 Å². The smallest absolute Gasteiger partial charge is 0.254 e. The van der Waals surface area contributed by atoms with E-state index in [4.69, 9.17) is 0 Å². The Balaban J connectivity index is 1.69. The van der Waals surface area contributed by atoms with E-state index in [1.807, 2.05) is 41.0 Å². The highest BCUT2D eigenvalue weighted by molar-refractivity contribution is 5.65. The number of hydrogen-bond donors (Lipinski definition) is 1. The van der Waals surface area contributed by atoms with Gasteiger partial charge in [-0.1, -0.05) is 30.3 Å². The summed E-state index contributed by atoms with van der Waals surface area (Å²) in [6.07, 6.45) is 3.24. The molecule has 1 aromatic carbocycles. The molecule has 0 unspecified atom stereocenters. The molecule has 0 atom stereocenters. The molecular formula is C17H18N8. The highest BCUT2D eigenvalue weighted by Gasteiger charge is 2.11. The van der Waals surface area contributed by atoms with Crippen molar-refractivity contribution >= 4 is 11.6 Å². The fraction of sp³-hybridized carbons (Fsp3) is 0.235. The summed E-state index contributed by atoms with van der Waals surface area (Å²) in [4.78, 5) is 8.80. The highest BCUT2D eigenvalue weighted by Crippen LogP contribution is 2.21. The van der Waals surface area contributed by atoms with Crippen LogP contribution in [0, 0.1) is 0 Å². The Morgan fingerprint density at radius 2 is 2.00 bits per heavy atom. The van der Waals surface area contributed by atoms with Crippen LogP contribution in [0.3, 0.4) is 0 Å². The first-order chi connectivity index (χ1) is 12.2. The molecule has 0 saturated carbocycles. The number of nitrogens with one attached hydrogen (secondary N) is 1. The molecule has 4 aromatic rings. The fourth-order valence-corrected chi connectivity index (χ4v) is 2.69. The van der Waals surface area contributed by atoms with Crippen molar-refractivity contribution in [1.82, 2.24) is 34.3 Å². The van der Waals surface area contributed by atoms with Gasteiger partial charge in [0, 0.05) is 17.7 Å². The van der Waals surface area contributed by atoms with Gasteiger partial charge in [-0.05, 0) is 13.8 Å². The second-order valence-corrected chi connectivity index (χ2v) is 5.97. The molecule has 0 saturated heterocycles. The molecule has 3 aromatic heterocycles. The Kier molecular flexibility index (Phi) is 3.85. The van der Waals surface area contributed by atoms with Gasteiger partial charge in [0.1, 0.15) is 18.5 Å². The van der Waals surface area contributed by atoms with Crippen molar-refractivity contribution < 1.29 is 0 Å². The monoisotopic (exact) mass is 334 g/mol. The van der Waals surface area contributed by atoms with Gasteiger partial charge in [0.05, 0.1) is 12.2 Å². The average molecular weight is 334 g/mol. The average Bonchev–Trinajstić information content (AvgIpc) is 3.29. The van der Waals surface area contributed by atoms with Crippen molar-refractivity contribution in [3.8, 4) is 11.3 Å². The van der Waals surface area contributed by atoms with Gasteiger partial charge in [0.15, 0.2) is 5.82 Å². The van der Waals surface area contributed by atoms with E-state index in [1.165, 1.54) is 6.33 Å². The molecule has 0 amide bonds. The lowest BCUT2D eigenvalue weighted by atomic mass is 10.1. The van der Waals surface area contributed by atoms with Crippen LogP contribution in [0.25, 0.3) is 17.0 Å². The van der Waals surface area contributed by atoms with E-state index in [2.05, 4.69) is 44.4 Å². The van der Waals surface area contributed by atoms with E-state index < -0.39 is 0 Å². The molecule has 0 bridgehead atoms. The molecule has 25 heavy (non-hydrogen) atoms. The molecular weight excluding hydrogens is 316 g/mol. The summed E-state index contributed by atoms with van der Waals surface area (Å²) >= 11 is 0. The zero-order valence-electron chi connectivity index (χ0n) is 14.0. The van der Waals surface area contributed by atoms with Crippen LogP contribution < -0.4 is 5.32 Å². The lowest BCUT2D eigenvalue weighted by Gasteiger charge is -2.12. The van der Waals surface area contributed by atoms with Crippen LogP contribution in [0.4, 0.5) is 5.82 Å². The van der Waals surface area contributed by atoms with Gasteiger partial charge in [-0.15, -0.1) is 10.2 Å². The van der Waals surface area contributed by atoms with Gasteiger partial charge in [-0.25, -0.2) is 4.98 Å². The predicted molar refractivity (Wildman–Crippen MR) is 94.0 cm³/mol. The highest BCUT2D eigenvalue weighted by atomic mass is 15.4. The van der Waals surface area contributed by atoms with Crippen molar-refractivity contribution in [3.63, 3.8) is 0 Å². The molecule has 0 aliphatic carbocycles. The summed E-state index contributed by atoms with van der Waals surface area (Å²) in [7, 11) is 0. The quantitative estimate of drug-likeness (QED) is 0.604. The molecule has 0 fully saturated rings. The molecule has 3 heterocycles. The zero-order valence-corrected chi connectivity index (χ0v) is 14.0. The number of benzene rings is 1. The minimum atomic E-state index is 0.301. The maximum absolute atomic E-state index is 4.57. The Bertz CT molecular complexity index is 986. The third-order valence-electron chi connectivity index (χ3n) is 3.95. The van der Waals surface area contributed by atoms with E-state index in [1.54, 1.807) is 10.8 Å². The number of fused-ring (bicyclic) bond motifs is 1. The van der Waals surface area contributed by atoms with Gasteiger partial charge < -0.3 is 9.88 Å². The second-order valence-electron chi connectivity index (χ2n) is 5.97. The number of aromatic nitrogens is 7. The molecule has 4 rings (SSSR count). The van der Waals surface area contributed by atoms with Crippen molar-refractivity contribution in [2.75, 3.05) is 5.32 Å². The summed E-state index contributed by atoms with van der Waals surface area (Å²) in [6.45, 7) is 4.73. The fourth-order valence-electron chi connectivity index (χ4n) is 2.69. The van der Waals surface area contributed by atoms with Gasteiger partial charge >= 0.3 is 0 Å². The minimum absolute atomic E-state index is 0.301. The maximum Gasteiger partial charge on any atom is 0.254 e. The molecule has 1 N–H and O–H groups in total. The predicted octanol–water partition coefficient (Wildman–Crippen LogP) is 2.58. The number of rotatable bonds is 5. The summed E-state index contributed by atoms with van der Waals surface area (Å²) < 4.78 is 3.72. The van der Waals surface area contributed by atoms with Crippen molar-refractivity contribution in [2.45, 2.75) is 26.4 Å². The first-order valence-corrected chi connectivity index (χ1v) is 8.11. The molecule has 8 nitrogen and oxygen atoms in total. The van der Waals surface area contributed by atoms with Crippen LogP contribution in [0.15, 0.2) is 49.1 Å². The van der Waals surface area contributed by atoms with Crippen LogP contribution in [0.1, 0.15) is 25.7 Å². The Morgan fingerprint density at radius 1 is 1.16 bits per heavy atom. The Hall–Kier alpha value is -3.29. The van der Waals surface area contributed by atoms with Crippen LogP contribution in [-0.2, 0) is 6.54 Å². The van der Waals surface area contributed by atoms with E-state index in [9.17, 15) is 0 Å². The largest absolute Gasteiger partial charge is 0.363 e. The van der Waals surface area contributed by atoms with E-state index in [-0.39, 0.29) is 0 Å². The third kappa shape index (κ3) is 2.93. The summed E-state index contributed by atoms with van der Waals surface area (Å²) in [5.41, 5.74) is 1.87. The summed E-state index contributed by atoms with van der Waals surface area (Å²) in [5, 5.41) is 15.8. The molecule has 126 valence electrons. The second kappa shape index (κ2) is 6.31. The number of anilines is 1. The van der Waals surface area contributed by atoms with E-state index in [0.29, 0.717) is 18.4 Å². The summed E-state index contributed by atoms with van der Waals surface area (Å²) in [5.74, 6) is 2.22. The molecule has 0 radical (unpaired) electrons. The van der Waals surface area contributed by atoms with E-state index in [0.717, 1.165) is 22.9 Å².